The minimum Gasteiger partial charge on any atom is -0.493 e. The molecule has 0 heterocycles. The number of halogens is 1. The second kappa shape index (κ2) is 9.00. The van der Waals surface area contributed by atoms with Gasteiger partial charge in [0, 0.05) is 10.7 Å². The van der Waals surface area contributed by atoms with Gasteiger partial charge in [0.1, 0.15) is 5.75 Å². The summed E-state index contributed by atoms with van der Waals surface area (Å²) in [4.78, 5) is 13.4. The molecular formula is C24H30ClNO2. The Morgan fingerprint density at radius 1 is 1.11 bits per heavy atom. The van der Waals surface area contributed by atoms with Gasteiger partial charge in [-0.05, 0) is 67.1 Å². The summed E-state index contributed by atoms with van der Waals surface area (Å²) in [6.07, 6.45) is 5.06. The van der Waals surface area contributed by atoms with Crippen molar-refractivity contribution >= 4 is 23.2 Å². The number of anilines is 1. The molecule has 1 amide bonds. The molecule has 0 spiro atoms. The van der Waals surface area contributed by atoms with E-state index in [0.29, 0.717) is 17.5 Å². The van der Waals surface area contributed by atoms with Crippen molar-refractivity contribution in [3.63, 3.8) is 0 Å². The maximum absolute atomic E-state index is 13.4. The van der Waals surface area contributed by atoms with Gasteiger partial charge in [0.05, 0.1) is 12.0 Å². The first-order valence-corrected chi connectivity index (χ1v) is 10.6. The Labute approximate surface area is 173 Å². The highest BCUT2D eigenvalue weighted by molar-refractivity contribution is 6.30. The fraction of sp³-hybridized carbons (Fsp3) is 0.458. The van der Waals surface area contributed by atoms with Crippen LogP contribution in [-0.2, 0) is 10.2 Å². The van der Waals surface area contributed by atoms with Crippen molar-refractivity contribution in [2.24, 2.45) is 5.92 Å². The predicted octanol–water partition coefficient (Wildman–Crippen LogP) is 6.52. The first kappa shape index (κ1) is 20.7. The monoisotopic (exact) mass is 399 g/mol. The largest absolute Gasteiger partial charge is 0.493 e. The van der Waals surface area contributed by atoms with E-state index in [1.807, 2.05) is 49.4 Å². The van der Waals surface area contributed by atoms with Crippen molar-refractivity contribution in [3.8, 4) is 5.75 Å². The lowest BCUT2D eigenvalue weighted by molar-refractivity contribution is -0.122. The quantitative estimate of drug-likeness (QED) is 0.600. The summed E-state index contributed by atoms with van der Waals surface area (Å²) in [6.45, 7) is 6.96. The molecule has 0 aromatic heterocycles. The number of benzene rings is 2. The lowest BCUT2D eigenvalue weighted by atomic mass is 9.68. The molecule has 1 aliphatic rings. The van der Waals surface area contributed by atoms with Crippen molar-refractivity contribution in [1.29, 1.82) is 0 Å². The molecule has 2 aromatic rings. The van der Waals surface area contributed by atoms with E-state index in [9.17, 15) is 4.79 Å². The molecule has 4 heteroatoms. The molecule has 0 saturated heterocycles. The van der Waals surface area contributed by atoms with Crippen LogP contribution in [0.25, 0.3) is 0 Å². The number of nitrogens with one attached hydrogen (secondary N) is 1. The molecule has 1 saturated carbocycles. The molecule has 1 fully saturated rings. The first-order chi connectivity index (χ1) is 13.4. The SMILES string of the molecule is Cc1cc(NC(=O)C2(c3ccc(Cl)cc3)CCCCC2)ccc1OCC(C)C. The van der Waals surface area contributed by atoms with Gasteiger partial charge in [0.15, 0.2) is 0 Å². The molecule has 2 aromatic carbocycles. The average molecular weight is 400 g/mol. The topological polar surface area (TPSA) is 38.3 Å². The van der Waals surface area contributed by atoms with Gasteiger partial charge in [0.25, 0.3) is 0 Å². The van der Waals surface area contributed by atoms with Crippen molar-refractivity contribution in [3.05, 3.63) is 58.6 Å². The van der Waals surface area contributed by atoms with Gasteiger partial charge in [-0.2, -0.15) is 0 Å². The van der Waals surface area contributed by atoms with Crippen LogP contribution in [0.2, 0.25) is 5.02 Å². The van der Waals surface area contributed by atoms with E-state index in [0.717, 1.165) is 48.2 Å². The predicted molar refractivity (Wildman–Crippen MR) is 116 cm³/mol. The summed E-state index contributed by atoms with van der Waals surface area (Å²) in [6, 6.07) is 13.6. The lowest BCUT2D eigenvalue weighted by Crippen LogP contribution is -2.42. The van der Waals surface area contributed by atoms with Crippen LogP contribution in [0.1, 0.15) is 57.1 Å². The third-order valence-electron chi connectivity index (χ3n) is 5.54. The van der Waals surface area contributed by atoms with Gasteiger partial charge in [-0.1, -0.05) is 56.8 Å². The zero-order valence-corrected chi connectivity index (χ0v) is 17.8. The van der Waals surface area contributed by atoms with E-state index in [1.54, 1.807) is 0 Å². The van der Waals surface area contributed by atoms with Crippen LogP contribution in [0.15, 0.2) is 42.5 Å². The molecule has 1 aliphatic carbocycles. The van der Waals surface area contributed by atoms with E-state index in [2.05, 4.69) is 19.2 Å². The summed E-state index contributed by atoms with van der Waals surface area (Å²) in [5.74, 6) is 1.42. The molecule has 1 N–H and O–H groups in total. The summed E-state index contributed by atoms with van der Waals surface area (Å²) in [5, 5.41) is 3.87. The minimum atomic E-state index is -0.483. The van der Waals surface area contributed by atoms with Crippen LogP contribution in [-0.4, -0.2) is 12.5 Å². The number of rotatable bonds is 6. The minimum absolute atomic E-state index is 0.0739. The molecule has 0 bridgehead atoms. The summed E-state index contributed by atoms with van der Waals surface area (Å²) in [7, 11) is 0. The Hall–Kier alpha value is -2.00. The number of aryl methyl sites for hydroxylation is 1. The average Bonchev–Trinajstić information content (AvgIpc) is 2.68. The Morgan fingerprint density at radius 2 is 1.79 bits per heavy atom. The van der Waals surface area contributed by atoms with Crippen LogP contribution in [0, 0.1) is 12.8 Å². The molecule has 28 heavy (non-hydrogen) atoms. The maximum atomic E-state index is 13.4. The normalized spacial score (nSPS) is 16.0. The summed E-state index contributed by atoms with van der Waals surface area (Å²) >= 11 is 6.07. The fourth-order valence-electron chi connectivity index (χ4n) is 3.97. The number of hydrogen-bond donors (Lipinski definition) is 1. The second-order valence-corrected chi connectivity index (χ2v) is 8.73. The zero-order valence-electron chi connectivity index (χ0n) is 17.1. The van der Waals surface area contributed by atoms with Gasteiger partial charge in [-0.15, -0.1) is 0 Å². The van der Waals surface area contributed by atoms with Crippen molar-refractivity contribution in [2.75, 3.05) is 11.9 Å². The third-order valence-corrected chi connectivity index (χ3v) is 5.80. The van der Waals surface area contributed by atoms with Crippen LogP contribution < -0.4 is 10.1 Å². The van der Waals surface area contributed by atoms with Gasteiger partial charge in [0.2, 0.25) is 5.91 Å². The summed E-state index contributed by atoms with van der Waals surface area (Å²) in [5.41, 5.74) is 2.42. The fourth-order valence-corrected chi connectivity index (χ4v) is 4.09. The van der Waals surface area contributed by atoms with E-state index < -0.39 is 5.41 Å². The van der Waals surface area contributed by atoms with Crippen LogP contribution >= 0.6 is 11.6 Å². The number of ether oxygens (including phenoxy) is 1. The van der Waals surface area contributed by atoms with Crippen molar-refractivity contribution in [2.45, 2.75) is 58.3 Å². The highest BCUT2D eigenvalue weighted by atomic mass is 35.5. The van der Waals surface area contributed by atoms with Gasteiger partial charge in [-0.25, -0.2) is 0 Å². The number of carbonyl (C=O) groups is 1. The number of hydrogen-bond acceptors (Lipinski definition) is 2. The van der Waals surface area contributed by atoms with Crippen molar-refractivity contribution < 1.29 is 9.53 Å². The van der Waals surface area contributed by atoms with Crippen molar-refractivity contribution in [1.82, 2.24) is 0 Å². The molecule has 150 valence electrons. The lowest BCUT2D eigenvalue weighted by Gasteiger charge is -2.36. The molecule has 0 aliphatic heterocycles. The van der Waals surface area contributed by atoms with E-state index >= 15 is 0 Å². The van der Waals surface area contributed by atoms with E-state index in [1.165, 1.54) is 6.42 Å². The molecule has 0 unspecified atom stereocenters. The molecule has 3 rings (SSSR count). The van der Waals surface area contributed by atoms with E-state index in [4.69, 9.17) is 16.3 Å². The standard InChI is InChI=1S/C24H30ClNO2/c1-17(2)16-28-22-12-11-21(15-18(22)3)26-23(27)24(13-5-4-6-14-24)19-7-9-20(25)10-8-19/h7-12,15,17H,4-6,13-14,16H2,1-3H3,(H,26,27). The Morgan fingerprint density at radius 3 is 2.39 bits per heavy atom. The molecule has 0 radical (unpaired) electrons. The Bertz CT molecular complexity index is 808. The maximum Gasteiger partial charge on any atom is 0.235 e. The summed E-state index contributed by atoms with van der Waals surface area (Å²) < 4.78 is 5.85. The smallest absolute Gasteiger partial charge is 0.235 e. The number of carbonyl (C=O) groups excluding carboxylic acids is 1. The van der Waals surface area contributed by atoms with Gasteiger partial charge in [-0.3, -0.25) is 4.79 Å². The Balaban J connectivity index is 1.80. The first-order valence-electron chi connectivity index (χ1n) is 10.2. The van der Waals surface area contributed by atoms with E-state index in [-0.39, 0.29) is 5.91 Å². The Kier molecular flexibility index (Phi) is 6.66. The van der Waals surface area contributed by atoms with Gasteiger partial charge < -0.3 is 10.1 Å². The van der Waals surface area contributed by atoms with Crippen LogP contribution in [0.5, 0.6) is 5.75 Å². The highest BCUT2D eigenvalue weighted by Crippen LogP contribution is 2.41. The third kappa shape index (κ3) is 4.70. The molecule has 0 atom stereocenters. The second-order valence-electron chi connectivity index (χ2n) is 8.29. The number of amides is 1. The van der Waals surface area contributed by atoms with Gasteiger partial charge >= 0.3 is 0 Å². The highest BCUT2D eigenvalue weighted by Gasteiger charge is 2.41. The van der Waals surface area contributed by atoms with Crippen LogP contribution in [0.4, 0.5) is 5.69 Å². The zero-order chi connectivity index (χ0) is 20.1. The molecule has 3 nitrogen and oxygen atoms in total. The molecular weight excluding hydrogens is 370 g/mol. The van der Waals surface area contributed by atoms with Crippen LogP contribution in [0.3, 0.4) is 0 Å².